The zero-order chi connectivity index (χ0) is 51.1. The third kappa shape index (κ3) is 11.1. The lowest BCUT2D eigenvalue weighted by molar-refractivity contribution is -0.123. The molecule has 0 aromatic heterocycles. The van der Waals surface area contributed by atoms with Gasteiger partial charge in [-0.1, -0.05) is 70.1 Å². The van der Waals surface area contributed by atoms with Crippen LogP contribution in [0, 0.1) is 5.92 Å². The number of rotatable bonds is 23. The van der Waals surface area contributed by atoms with Crippen LogP contribution in [0.5, 0.6) is 28.7 Å². The number of benzene rings is 5. The van der Waals surface area contributed by atoms with Crippen LogP contribution in [-0.4, -0.2) is 92.9 Å². The Bertz CT molecular complexity index is 2890. The molecule has 4 unspecified atom stereocenters. The third-order valence-corrected chi connectivity index (χ3v) is 16.2. The topological polar surface area (TPSA) is 184 Å². The van der Waals surface area contributed by atoms with E-state index in [1.165, 1.54) is 0 Å². The first-order chi connectivity index (χ1) is 36.1. The number of allylic oxidation sites excluding steroid dienone is 2. The molecule has 3 amide bonds. The summed E-state index contributed by atoms with van der Waals surface area (Å²) in [5.74, 6) is 3.52. The number of nitrogens with two attached hydrogens (primary N) is 1. The SMILES string of the molecule is COc1cc2c(cc1OCc1cc(COc3cc4c(cc3OC)C(=O)N3c5ccccc5CC3C=N4)cc(OCCCCC(=O)NCCSSCCC(N)C(=O)C3C=CC3)c1)N=CC1Cc3ccccc3N1C2=O. The van der Waals surface area contributed by atoms with Gasteiger partial charge in [-0.05, 0) is 90.4 Å². The van der Waals surface area contributed by atoms with Crippen LogP contribution in [0.2, 0.25) is 0 Å². The van der Waals surface area contributed by atoms with Crippen LogP contribution in [0.25, 0.3) is 0 Å². The van der Waals surface area contributed by atoms with Crippen LogP contribution in [0.3, 0.4) is 0 Å². The molecule has 74 heavy (non-hydrogen) atoms. The summed E-state index contributed by atoms with van der Waals surface area (Å²) in [5.41, 5.74) is 13.4. The molecule has 0 fully saturated rings. The molecule has 4 aliphatic heterocycles. The van der Waals surface area contributed by atoms with Gasteiger partial charge in [-0.25, -0.2) is 0 Å². The van der Waals surface area contributed by atoms with Crippen molar-refractivity contribution < 1.29 is 42.9 Å². The standard InChI is InChI=1S/C57H58N6O9S2/c1-68-50-27-43-46(60-31-40-25-38-10-3-5-14-48(38)62(40)56(43)66)29-52(50)71-33-35-22-36(24-42(23-35)70-19-8-7-16-54(64)59-18-21-74-73-20-17-45(58)55(65)37-12-9-13-37)34-72-53-30-47-44(28-51(53)69-2)57(67)63-41(32-61-47)26-39-11-4-6-15-49(39)63/h3-6,9-12,14-15,22-24,27-32,37,40-41,45H,7-8,13,16-21,25-26,33-34,58H2,1-2H3,(H,59,64). The molecule has 15 nitrogen and oxygen atoms in total. The number of anilines is 2. The van der Waals surface area contributed by atoms with E-state index in [0.29, 0.717) is 103 Å². The average molecular weight is 1040 g/mol. The first-order valence-electron chi connectivity index (χ1n) is 25.0. The molecule has 0 saturated carbocycles. The highest BCUT2D eigenvalue weighted by atomic mass is 33.1. The van der Waals surface area contributed by atoms with Crippen molar-refractivity contribution in [3.05, 3.63) is 137 Å². The van der Waals surface area contributed by atoms with Crippen molar-refractivity contribution in [2.45, 2.75) is 76.3 Å². The number of ketones is 1. The summed E-state index contributed by atoms with van der Waals surface area (Å²) >= 11 is 0. The third-order valence-electron chi connectivity index (χ3n) is 13.7. The summed E-state index contributed by atoms with van der Waals surface area (Å²) in [5, 5.41) is 3.00. The van der Waals surface area contributed by atoms with Crippen molar-refractivity contribution in [2.24, 2.45) is 21.6 Å². The van der Waals surface area contributed by atoms with Crippen LogP contribution >= 0.6 is 21.6 Å². The zero-order valence-corrected chi connectivity index (χ0v) is 43.0. The maximum absolute atomic E-state index is 14.1. The predicted octanol–water partition coefficient (Wildman–Crippen LogP) is 9.35. The summed E-state index contributed by atoms with van der Waals surface area (Å²) in [6.07, 6.45) is 12.0. The fraction of sp³-hybridized carbons (Fsp3) is 0.333. The molecule has 5 aliphatic rings. The Balaban J connectivity index is 0.789. The predicted molar refractivity (Wildman–Crippen MR) is 291 cm³/mol. The molecule has 0 spiro atoms. The second kappa shape index (κ2) is 23.0. The van der Waals surface area contributed by atoms with Gasteiger partial charge in [0.25, 0.3) is 11.8 Å². The van der Waals surface area contributed by atoms with Gasteiger partial charge in [0.05, 0.1) is 61.5 Å². The molecular weight excluding hydrogens is 977 g/mol. The fourth-order valence-corrected chi connectivity index (χ4v) is 11.8. The molecule has 5 aromatic rings. The van der Waals surface area contributed by atoms with Gasteiger partial charge in [0, 0.05) is 79.2 Å². The number of nitrogens with zero attached hydrogens (tertiary/aromatic N) is 4. The summed E-state index contributed by atoms with van der Waals surface area (Å²) < 4.78 is 30.8. The minimum Gasteiger partial charge on any atom is -0.494 e. The van der Waals surface area contributed by atoms with Gasteiger partial charge in [-0.2, -0.15) is 0 Å². The molecular formula is C57H58N6O9S2. The molecule has 3 N–H and O–H groups in total. The number of carbonyl (C=O) groups is 4. The first-order valence-corrected chi connectivity index (χ1v) is 27.5. The van der Waals surface area contributed by atoms with E-state index >= 15 is 0 Å². The molecule has 382 valence electrons. The first kappa shape index (κ1) is 50.5. The molecule has 10 rings (SSSR count). The lowest BCUT2D eigenvalue weighted by atomic mass is 9.87. The molecule has 0 bridgehead atoms. The summed E-state index contributed by atoms with van der Waals surface area (Å²) in [6.45, 7) is 1.15. The molecule has 0 radical (unpaired) electrons. The zero-order valence-electron chi connectivity index (χ0n) is 41.3. The smallest absolute Gasteiger partial charge is 0.261 e. The van der Waals surface area contributed by atoms with Gasteiger partial charge >= 0.3 is 0 Å². The van der Waals surface area contributed by atoms with Crippen LogP contribution < -0.4 is 44.5 Å². The van der Waals surface area contributed by atoms with Gasteiger partial charge in [-0.15, -0.1) is 0 Å². The Hall–Kier alpha value is -7.08. The second-order valence-corrected chi connectivity index (χ2v) is 21.4. The number of fused-ring (bicyclic) bond motifs is 8. The molecule has 0 saturated heterocycles. The van der Waals surface area contributed by atoms with Crippen LogP contribution in [0.4, 0.5) is 22.7 Å². The van der Waals surface area contributed by atoms with Crippen LogP contribution in [-0.2, 0) is 35.6 Å². The summed E-state index contributed by atoms with van der Waals surface area (Å²) in [4.78, 5) is 66.2. The number of ether oxygens (including phenoxy) is 5. The number of aliphatic imine (C=N–C) groups is 2. The number of hydrogen-bond donors (Lipinski definition) is 2. The van der Waals surface area contributed by atoms with Gasteiger partial charge in [0.1, 0.15) is 19.0 Å². The van der Waals surface area contributed by atoms with Crippen molar-refractivity contribution in [3.8, 4) is 28.7 Å². The van der Waals surface area contributed by atoms with Gasteiger partial charge in [0.2, 0.25) is 5.91 Å². The number of methoxy groups -OCH3 is 2. The van der Waals surface area contributed by atoms with E-state index in [4.69, 9.17) is 39.4 Å². The van der Waals surface area contributed by atoms with Crippen molar-refractivity contribution in [3.63, 3.8) is 0 Å². The number of carbonyl (C=O) groups excluding carboxylic acids is 4. The minimum atomic E-state index is -0.426. The fourth-order valence-electron chi connectivity index (χ4n) is 9.77. The Labute approximate surface area is 438 Å². The molecule has 1 aliphatic carbocycles. The largest absolute Gasteiger partial charge is 0.494 e. The minimum absolute atomic E-state index is 0.0130. The van der Waals surface area contributed by atoms with Crippen LogP contribution in [0.1, 0.15) is 75.1 Å². The Morgan fingerprint density at radius 3 is 1.81 bits per heavy atom. The number of unbranched alkanes of at least 4 members (excludes halogenated alkanes) is 1. The second-order valence-electron chi connectivity index (χ2n) is 18.7. The lowest BCUT2D eigenvalue weighted by Gasteiger charge is -2.22. The highest BCUT2D eigenvalue weighted by Crippen LogP contribution is 2.43. The Kier molecular flexibility index (Phi) is 15.7. The average Bonchev–Trinajstić information content (AvgIpc) is 3.89. The quantitative estimate of drug-likeness (QED) is 0.0360. The van der Waals surface area contributed by atoms with E-state index < -0.39 is 6.04 Å². The summed E-state index contributed by atoms with van der Waals surface area (Å²) in [7, 11) is 6.42. The van der Waals surface area contributed by atoms with E-state index in [9.17, 15) is 19.2 Å². The summed E-state index contributed by atoms with van der Waals surface area (Å²) in [6, 6.07) is 27.6. The normalized spacial score (nSPS) is 17.9. The van der Waals surface area contributed by atoms with E-state index in [2.05, 4.69) is 5.32 Å². The molecule has 17 heteroatoms. The van der Waals surface area contributed by atoms with E-state index in [0.717, 1.165) is 51.6 Å². The van der Waals surface area contributed by atoms with Gasteiger partial charge in [0.15, 0.2) is 28.8 Å². The monoisotopic (exact) mass is 1030 g/mol. The molecule has 4 heterocycles. The Morgan fingerprint density at radius 1 is 0.716 bits per heavy atom. The highest BCUT2D eigenvalue weighted by Gasteiger charge is 2.38. The number of Topliss-reactive ketones (excluding diaryl/α,β-unsaturated/α-hetero) is 1. The maximum atomic E-state index is 14.1. The maximum Gasteiger partial charge on any atom is 0.261 e. The van der Waals surface area contributed by atoms with E-state index in [1.807, 2.05) is 91.3 Å². The Morgan fingerprint density at radius 2 is 1.27 bits per heavy atom. The van der Waals surface area contributed by atoms with Crippen molar-refractivity contribution in [1.29, 1.82) is 0 Å². The number of nitrogens with one attached hydrogen (secondary N) is 1. The van der Waals surface area contributed by atoms with Gasteiger partial charge in [-0.3, -0.25) is 39.0 Å². The van der Waals surface area contributed by atoms with Crippen LogP contribution in [0.15, 0.2) is 113 Å². The number of para-hydroxylation sites is 2. The number of hydrogen-bond acceptors (Lipinski definition) is 14. The lowest BCUT2D eigenvalue weighted by Crippen LogP contribution is -2.37. The highest BCUT2D eigenvalue weighted by molar-refractivity contribution is 8.76. The van der Waals surface area contributed by atoms with Crippen molar-refractivity contribution >= 4 is 80.3 Å². The van der Waals surface area contributed by atoms with Crippen molar-refractivity contribution in [2.75, 3.05) is 48.7 Å². The van der Waals surface area contributed by atoms with Crippen molar-refractivity contribution in [1.82, 2.24) is 5.32 Å². The van der Waals surface area contributed by atoms with E-state index in [-0.39, 0.29) is 54.7 Å². The molecule has 4 atom stereocenters. The molecule has 5 aromatic carbocycles. The van der Waals surface area contributed by atoms with E-state index in [1.54, 1.807) is 69.9 Å². The van der Waals surface area contributed by atoms with Gasteiger partial charge < -0.3 is 34.7 Å². The number of amides is 3.